The molecule has 0 unspecified atom stereocenters. The summed E-state index contributed by atoms with van der Waals surface area (Å²) in [6.45, 7) is 2.61. The molecule has 124 valence electrons. The molecule has 1 N–H and O–H groups in total. The first-order valence-electron chi connectivity index (χ1n) is 8.02. The predicted molar refractivity (Wildman–Crippen MR) is 93.3 cm³/mol. The molecule has 1 fully saturated rings. The van der Waals surface area contributed by atoms with E-state index >= 15 is 0 Å². The van der Waals surface area contributed by atoms with Crippen molar-refractivity contribution >= 4 is 23.2 Å². The summed E-state index contributed by atoms with van der Waals surface area (Å²) in [6.07, 6.45) is 1.46. The van der Waals surface area contributed by atoms with Gasteiger partial charge in [-0.2, -0.15) is 0 Å². The molecule has 0 radical (unpaired) electrons. The third-order valence-electron chi connectivity index (χ3n) is 3.97. The van der Waals surface area contributed by atoms with E-state index in [0.29, 0.717) is 17.9 Å². The number of anilines is 2. The normalized spacial score (nSPS) is 13.9. The second-order valence-electron chi connectivity index (χ2n) is 5.80. The average Bonchev–Trinajstić information content (AvgIpc) is 3.00. The van der Waals surface area contributed by atoms with Gasteiger partial charge in [-0.3, -0.25) is 9.59 Å². The molecule has 2 amide bonds. The maximum atomic E-state index is 12.1. The molecular weight excluding hydrogens is 304 g/mol. The molecule has 1 aliphatic rings. The van der Waals surface area contributed by atoms with Crippen LogP contribution in [0.25, 0.3) is 0 Å². The van der Waals surface area contributed by atoms with E-state index in [-0.39, 0.29) is 18.4 Å². The molecule has 0 spiro atoms. The van der Waals surface area contributed by atoms with Crippen molar-refractivity contribution in [1.82, 2.24) is 0 Å². The smallest absolute Gasteiger partial charge is 0.262 e. The predicted octanol–water partition coefficient (Wildman–Crippen LogP) is 3.14. The first kappa shape index (κ1) is 16.1. The molecule has 1 saturated heterocycles. The van der Waals surface area contributed by atoms with Crippen LogP contribution in [0.3, 0.4) is 0 Å². The Morgan fingerprint density at radius 3 is 2.79 bits per heavy atom. The number of benzene rings is 2. The van der Waals surface area contributed by atoms with Gasteiger partial charge in [-0.25, -0.2) is 0 Å². The van der Waals surface area contributed by atoms with Gasteiger partial charge in [0.1, 0.15) is 5.75 Å². The zero-order valence-electron chi connectivity index (χ0n) is 13.6. The molecular formula is C19H20N2O3. The number of nitrogens with one attached hydrogen (secondary N) is 1. The number of aryl methyl sites for hydroxylation is 1. The summed E-state index contributed by atoms with van der Waals surface area (Å²) in [5, 5.41) is 2.81. The fourth-order valence-corrected chi connectivity index (χ4v) is 2.73. The Labute approximate surface area is 141 Å². The van der Waals surface area contributed by atoms with Gasteiger partial charge < -0.3 is 15.0 Å². The number of para-hydroxylation sites is 1. The Balaban J connectivity index is 1.60. The van der Waals surface area contributed by atoms with Crippen molar-refractivity contribution in [2.24, 2.45) is 0 Å². The van der Waals surface area contributed by atoms with Crippen LogP contribution in [0, 0.1) is 6.92 Å². The highest BCUT2D eigenvalue weighted by Crippen LogP contribution is 2.24. The number of carbonyl (C=O) groups excluding carboxylic acids is 2. The largest absolute Gasteiger partial charge is 0.483 e. The lowest BCUT2D eigenvalue weighted by atomic mass is 10.2. The first-order valence-corrected chi connectivity index (χ1v) is 8.02. The van der Waals surface area contributed by atoms with Crippen molar-refractivity contribution < 1.29 is 14.3 Å². The first-order chi connectivity index (χ1) is 11.6. The van der Waals surface area contributed by atoms with Crippen LogP contribution in [0.15, 0.2) is 48.5 Å². The number of hydrogen-bond acceptors (Lipinski definition) is 3. The number of ether oxygens (including phenoxy) is 1. The van der Waals surface area contributed by atoms with Crippen LogP contribution < -0.4 is 15.0 Å². The zero-order valence-corrected chi connectivity index (χ0v) is 13.6. The lowest BCUT2D eigenvalue weighted by Crippen LogP contribution is -2.24. The molecule has 0 atom stereocenters. The van der Waals surface area contributed by atoms with Gasteiger partial charge in [0.15, 0.2) is 6.61 Å². The second-order valence-corrected chi connectivity index (χ2v) is 5.80. The van der Waals surface area contributed by atoms with Crippen molar-refractivity contribution in [3.8, 4) is 5.75 Å². The van der Waals surface area contributed by atoms with Gasteiger partial charge in [-0.1, -0.05) is 24.3 Å². The Morgan fingerprint density at radius 2 is 2.04 bits per heavy atom. The molecule has 24 heavy (non-hydrogen) atoms. The summed E-state index contributed by atoms with van der Waals surface area (Å²) in [5.74, 6) is 0.591. The summed E-state index contributed by atoms with van der Waals surface area (Å²) >= 11 is 0. The van der Waals surface area contributed by atoms with Crippen LogP contribution in [-0.2, 0) is 9.59 Å². The molecule has 3 rings (SSSR count). The van der Waals surface area contributed by atoms with E-state index < -0.39 is 0 Å². The monoisotopic (exact) mass is 324 g/mol. The van der Waals surface area contributed by atoms with E-state index in [4.69, 9.17) is 4.74 Å². The van der Waals surface area contributed by atoms with Crippen molar-refractivity contribution in [1.29, 1.82) is 0 Å². The molecule has 2 aromatic carbocycles. The van der Waals surface area contributed by atoms with Crippen LogP contribution in [0.1, 0.15) is 18.4 Å². The number of nitrogens with zero attached hydrogens (tertiary/aromatic N) is 1. The van der Waals surface area contributed by atoms with Crippen LogP contribution in [0.2, 0.25) is 0 Å². The molecule has 0 aromatic heterocycles. The maximum absolute atomic E-state index is 12.1. The Bertz CT molecular complexity index is 758. The molecule has 0 saturated carbocycles. The van der Waals surface area contributed by atoms with Gasteiger partial charge in [0.2, 0.25) is 5.91 Å². The molecule has 1 heterocycles. The summed E-state index contributed by atoms with van der Waals surface area (Å²) in [4.78, 5) is 25.6. The van der Waals surface area contributed by atoms with Crippen molar-refractivity contribution in [2.75, 3.05) is 23.4 Å². The van der Waals surface area contributed by atoms with Crippen molar-refractivity contribution in [3.05, 3.63) is 54.1 Å². The van der Waals surface area contributed by atoms with E-state index in [9.17, 15) is 9.59 Å². The highest BCUT2D eigenvalue weighted by molar-refractivity contribution is 5.97. The van der Waals surface area contributed by atoms with E-state index in [1.807, 2.05) is 49.4 Å². The Morgan fingerprint density at radius 1 is 1.21 bits per heavy atom. The molecule has 1 aliphatic heterocycles. The van der Waals surface area contributed by atoms with Crippen molar-refractivity contribution in [3.63, 3.8) is 0 Å². The summed E-state index contributed by atoms with van der Waals surface area (Å²) in [7, 11) is 0. The average molecular weight is 324 g/mol. The topological polar surface area (TPSA) is 58.6 Å². The quantitative estimate of drug-likeness (QED) is 0.919. The number of carbonyl (C=O) groups is 2. The molecule has 5 heteroatoms. The minimum Gasteiger partial charge on any atom is -0.483 e. The Hall–Kier alpha value is -2.82. The molecule has 0 bridgehead atoms. The molecule has 5 nitrogen and oxygen atoms in total. The summed E-state index contributed by atoms with van der Waals surface area (Å²) < 4.78 is 5.54. The SMILES string of the molecule is Cc1ccccc1OCC(=O)Nc1cccc(N2CCCC2=O)c1. The maximum Gasteiger partial charge on any atom is 0.262 e. The van der Waals surface area contributed by atoms with Gasteiger partial charge in [-0.15, -0.1) is 0 Å². The fourth-order valence-electron chi connectivity index (χ4n) is 2.73. The molecule has 0 aliphatic carbocycles. The van der Waals surface area contributed by atoms with E-state index in [1.54, 1.807) is 11.0 Å². The minimum atomic E-state index is -0.233. The molecule has 2 aromatic rings. The fraction of sp³-hybridized carbons (Fsp3) is 0.263. The van der Waals surface area contributed by atoms with Crippen LogP contribution >= 0.6 is 0 Å². The van der Waals surface area contributed by atoms with Crippen LogP contribution in [-0.4, -0.2) is 25.0 Å². The standard InChI is InChI=1S/C19H20N2O3/c1-14-6-2-3-9-17(14)24-13-18(22)20-15-7-4-8-16(12-15)21-11-5-10-19(21)23/h2-4,6-9,12H,5,10-11,13H2,1H3,(H,20,22). The van der Waals surface area contributed by atoms with Gasteiger partial charge in [0.05, 0.1) is 0 Å². The second kappa shape index (κ2) is 7.17. The van der Waals surface area contributed by atoms with E-state index in [1.165, 1.54) is 0 Å². The van der Waals surface area contributed by atoms with Crippen LogP contribution in [0.5, 0.6) is 5.75 Å². The lowest BCUT2D eigenvalue weighted by Gasteiger charge is -2.17. The van der Waals surface area contributed by atoms with Crippen LogP contribution in [0.4, 0.5) is 11.4 Å². The third kappa shape index (κ3) is 3.74. The van der Waals surface area contributed by atoms with Gasteiger partial charge in [0.25, 0.3) is 5.91 Å². The highest BCUT2D eigenvalue weighted by atomic mass is 16.5. The Kier molecular flexibility index (Phi) is 4.79. The van der Waals surface area contributed by atoms with Crippen molar-refractivity contribution in [2.45, 2.75) is 19.8 Å². The van der Waals surface area contributed by atoms with Gasteiger partial charge in [0, 0.05) is 24.3 Å². The number of rotatable bonds is 5. The van der Waals surface area contributed by atoms with Gasteiger partial charge in [-0.05, 0) is 43.2 Å². The van der Waals surface area contributed by atoms with E-state index in [0.717, 1.165) is 24.2 Å². The number of hydrogen-bond donors (Lipinski definition) is 1. The minimum absolute atomic E-state index is 0.0578. The third-order valence-corrected chi connectivity index (χ3v) is 3.97. The van der Waals surface area contributed by atoms with Gasteiger partial charge >= 0.3 is 0 Å². The zero-order chi connectivity index (χ0) is 16.9. The summed E-state index contributed by atoms with van der Waals surface area (Å²) in [5.41, 5.74) is 2.46. The van der Waals surface area contributed by atoms with E-state index in [2.05, 4.69) is 5.32 Å². The highest BCUT2D eigenvalue weighted by Gasteiger charge is 2.21. The summed E-state index contributed by atoms with van der Waals surface area (Å²) in [6, 6.07) is 14.9. The number of amides is 2. The lowest BCUT2D eigenvalue weighted by molar-refractivity contribution is -0.118.